The van der Waals surface area contributed by atoms with E-state index < -0.39 is 0 Å². The van der Waals surface area contributed by atoms with Crippen LogP contribution in [0.2, 0.25) is 0 Å². The Morgan fingerprint density at radius 2 is 1.61 bits per heavy atom. The number of rotatable bonds is 4. The summed E-state index contributed by atoms with van der Waals surface area (Å²) in [4.78, 5) is 0. The molecule has 0 aromatic heterocycles. The standard InChI is InChI=1S/C15H15BrO2/c1-17-14-10-15(18-2)13(16)9-12(14)8-11-6-4-3-5-7-11/h3-7,9-10H,8H2,1-2H3. The molecule has 0 radical (unpaired) electrons. The lowest BCUT2D eigenvalue weighted by atomic mass is 10.0. The molecule has 3 heteroatoms. The molecule has 0 saturated carbocycles. The van der Waals surface area contributed by atoms with Gasteiger partial charge in [0.2, 0.25) is 0 Å². The predicted molar refractivity (Wildman–Crippen MR) is 76.5 cm³/mol. The highest BCUT2D eigenvalue weighted by Crippen LogP contribution is 2.33. The van der Waals surface area contributed by atoms with E-state index in [1.54, 1.807) is 14.2 Å². The van der Waals surface area contributed by atoms with E-state index >= 15 is 0 Å². The van der Waals surface area contributed by atoms with Gasteiger partial charge < -0.3 is 9.47 Å². The van der Waals surface area contributed by atoms with Gasteiger partial charge >= 0.3 is 0 Å². The highest BCUT2D eigenvalue weighted by Gasteiger charge is 2.09. The highest BCUT2D eigenvalue weighted by molar-refractivity contribution is 9.10. The van der Waals surface area contributed by atoms with Crippen LogP contribution in [-0.2, 0) is 6.42 Å². The number of hydrogen-bond acceptors (Lipinski definition) is 2. The molecule has 0 aliphatic carbocycles. The predicted octanol–water partition coefficient (Wildman–Crippen LogP) is 4.06. The van der Waals surface area contributed by atoms with E-state index in [4.69, 9.17) is 9.47 Å². The van der Waals surface area contributed by atoms with Crippen molar-refractivity contribution in [3.05, 3.63) is 58.1 Å². The fraction of sp³-hybridized carbons (Fsp3) is 0.200. The van der Waals surface area contributed by atoms with Crippen LogP contribution in [0.3, 0.4) is 0 Å². The molecular formula is C15H15BrO2. The zero-order valence-electron chi connectivity index (χ0n) is 10.4. The Labute approximate surface area is 116 Å². The van der Waals surface area contributed by atoms with E-state index in [1.165, 1.54) is 5.56 Å². The van der Waals surface area contributed by atoms with Gasteiger partial charge in [-0.2, -0.15) is 0 Å². The van der Waals surface area contributed by atoms with Crippen LogP contribution in [0.15, 0.2) is 46.9 Å². The van der Waals surface area contributed by atoms with Crippen molar-refractivity contribution in [2.75, 3.05) is 14.2 Å². The van der Waals surface area contributed by atoms with Gasteiger partial charge in [-0.1, -0.05) is 30.3 Å². The molecule has 2 aromatic carbocycles. The van der Waals surface area contributed by atoms with Gasteiger partial charge in [0.25, 0.3) is 0 Å². The van der Waals surface area contributed by atoms with Gasteiger partial charge in [-0.15, -0.1) is 0 Å². The molecule has 0 saturated heterocycles. The zero-order chi connectivity index (χ0) is 13.0. The largest absolute Gasteiger partial charge is 0.496 e. The Bertz CT molecular complexity index is 524. The fourth-order valence-corrected chi connectivity index (χ4v) is 2.43. The summed E-state index contributed by atoms with van der Waals surface area (Å²) in [6.45, 7) is 0. The minimum absolute atomic E-state index is 0.781. The number of ether oxygens (including phenoxy) is 2. The van der Waals surface area contributed by atoms with E-state index in [1.807, 2.05) is 30.3 Å². The molecule has 18 heavy (non-hydrogen) atoms. The maximum atomic E-state index is 5.41. The van der Waals surface area contributed by atoms with Gasteiger partial charge in [-0.3, -0.25) is 0 Å². The normalized spacial score (nSPS) is 10.2. The molecule has 0 aliphatic rings. The molecule has 0 amide bonds. The molecule has 0 unspecified atom stereocenters. The van der Waals surface area contributed by atoms with E-state index in [0.29, 0.717) is 0 Å². The van der Waals surface area contributed by atoms with Crippen LogP contribution in [0.25, 0.3) is 0 Å². The van der Waals surface area contributed by atoms with Crippen LogP contribution in [0.1, 0.15) is 11.1 Å². The van der Waals surface area contributed by atoms with Gasteiger partial charge in [0.05, 0.1) is 18.7 Å². The lowest BCUT2D eigenvalue weighted by molar-refractivity contribution is 0.390. The molecule has 94 valence electrons. The van der Waals surface area contributed by atoms with Gasteiger partial charge in [-0.05, 0) is 33.1 Å². The van der Waals surface area contributed by atoms with Gasteiger partial charge in [-0.25, -0.2) is 0 Å². The van der Waals surface area contributed by atoms with E-state index in [9.17, 15) is 0 Å². The van der Waals surface area contributed by atoms with Crippen molar-refractivity contribution in [2.24, 2.45) is 0 Å². The van der Waals surface area contributed by atoms with E-state index in [-0.39, 0.29) is 0 Å². The average molecular weight is 307 g/mol. The molecule has 0 aliphatic heterocycles. The Balaban J connectivity index is 2.35. The summed E-state index contributed by atoms with van der Waals surface area (Å²) in [6, 6.07) is 14.3. The maximum Gasteiger partial charge on any atom is 0.136 e. The van der Waals surface area contributed by atoms with Crippen molar-refractivity contribution < 1.29 is 9.47 Å². The lowest BCUT2D eigenvalue weighted by Gasteiger charge is -2.12. The second-order valence-electron chi connectivity index (χ2n) is 3.96. The van der Waals surface area contributed by atoms with E-state index in [2.05, 4.69) is 28.1 Å². The first-order valence-corrected chi connectivity index (χ1v) is 6.48. The molecule has 0 atom stereocenters. The maximum absolute atomic E-state index is 5.41. The smallest absolute Gasteiger partial charge is 0.136 e. The van der Waals surface area contributed by atoms with Crippen molar-refractivity contribution in [1.82, 2.24) is 0 Å². The third-order valence-corrected chi connectivity index (χ3v) is 3.41. The van der Waals surface area contributed by atoms with Gasteiger partial charge in [0.15, 0.2) is 0 Å². The van der Waals surface area contributed by atoms with Crippen molar-refractivity contribution in [2.45, 2.75) is 6.42 Å². The SMILES string of the molecule is COc1cc(OC)c(Cc2ccccc2)cc1Br. The number of halogens is 1. The molecule has 2 nitrogen and oxygen atoms in total. The molecule has 0 bridgehead atoms. The van der Waals surface area contributed by atoms with Gasteiger partial charge in [0.1, 0.15) is 11.5 Å². The molecule has 2 rings (SSSR count). The van der Waals surface area contributed by atoms with Crippen LogP contribution in [-0.4, -0.2) is 14.2 Å². The molecule has 0 heterocycles. The first kappa shape index (κ1) is 13.0. The number of methoxy groups -OCH3 is 2. The Morgan fingerprint density at radius 1 is 0.944 bits per heavy atom. The third kappa shape index (κ3) is 2.85. The highest BCUT2D eigenvalue weighted by atomic mass is 79.9. The Kier molecular flexibility index (Phi) is 4.26. The van der Waals surface area contributed by atoms with Crippen molar-refractivity contribution in [1.29, 1.82) is 0 Å². The quantitative estimate of drug-likeness (QED) is 0.848. The summed E-state index contributed by atoms with van der Waals surface area (Å²) in [5.41, 5.74) is 2.39. The first-order chi connectivity index (χ1) is 8.74. The molecule has 0 spiro atoms. The number of hydrogen-bond donors (Lipinski definition) is 0. The van der Waals surface area contributed by atoms with Crippen LogP contribution >= 0.6 is 15.9 Å². The second-order valence-corrected chi connectivity index (χ2v) is 4.82. The molecule has 2 aromatic rings. The van der Waals surface area contributed by atoms with Gasteiger partial charge in [0, 0.05) is 12.5 Å². The monoisotopic (exact) mass is 306 g/mol. The third-order valence-electron chi connectivity index (χ3n) is 2.79. The van der Waals surface area contributed by atoms with Crippen molar-refractivity contribution in [3.8, 4) is 11.5 Å². The van der Waals surface area contributed by atoms with E-state index in [0.717, 1.165) is 28.0 Å². The Hall–Kier alpha value is -1.48. The second kappa shape index (κ2) is 5.91. The zero-order valence-corrected chi connectivity index (χ0v) is 12.0. The van der Waals surface area contributed by atoms with Crippen LogP contribution in [0.4, 0.5) is 0 Å². The van der Waals surface area contributed by atoms with Crippen molar-refractivity contribution >= 4 is 15.9 Å². The summed E-state index contributed by atoms with van der Waals surface area (Å²) < 4.78 is 11.6. The minimum atomic E-state index is 0.781. The summed E-state index contributed by atoms with van der Waals surface area (Å²) >= 11 is 3.50. The van der Waals surface area contributed by atoms with Crippen LogP contribution in [0, 0.1) is 0 Å². The van der Waals surface area contributed by atoms with Crippen molar-refractivity contribution in [3.63, 3.8) is 0 Å². The lowest BCUT2D eigenvalue weighted by Crippen LogP contribution is -1.96. The summed E-state index contributed by atoms with van der Waals surface area (Å²) in [5.74, 6) is 1.63. The topological polar surface area (TPSA) is 18.5 Å². The van der Waals surface area contributed by atoms with Crippen LogP contribution in [0.5, 0.6) is 11.5 Å². The molecule has 0 N–H and O–H groups in total. The number of benzene rings is 2. The average Bonchev–Trinajstić information content (AvgIpc) is 2.40. The molecule has 0 fully saturated rings. The first-order valence-electron chi connectivity index (χ1n) is 5.69. The Morgan fingerprint density at radius 3 is 2.22 bits per heavy atom. The summed E-state index contributed by atoms with van der Waals surface area (Å²) in [5, 5.41) is 0. The molecular weight excluding hydrogens is 292 g/mol. The summed E-state index contributed by atoms with van der Waals surface area (Å²) in [6.07, 6.45) is 0.840. The summed E-state index contributed by atoms with van der Waals surface area (Å²) in [7, 11) is 3.33. The minimum Gasteiger partial charge on any atom is -0.496 e. The van der Waals surface area contributed by atoms with Crippen LogP contribution < -0.4 is 9.47 Å². The fourth-order valence-electron chi connectivity index (χ4n) is 1.88.